The van der Waals surface area contributed by atoms with Gasteiger partial charge >= 0.3 is 0 Å². The molecule has 0 atom stereocenters. The van der Waals surface area contributed by atoms with E-state index in [1.165, 1.54) is 18.4 Å². The first kappa shape index (κ1) is 20.2. The molecular formula is C23H30N6O. The fourth-order valence-corrected chi connectivity index (χ4v) is 3.77. The molecule has 1 aliphatic carbocycles. The van der Waals surface area contributed by atoms with Crippen molar-refractivity contribution in [3.8, 4) is 5.75 Å². The Balaban J connectivity index is 1.46. The number of rotatable bonds is 7. The first-order valence-corrected chi connectivity index (χ1v) is 10.8. The summed E-state index contributed by atoms with van der Waals surface area (Å²) in [5.74, 6) is 2.55. The smallest absolute Gasteiger partial charge is 0.191 e. The minimum atomic E-state index is 0.335. The van der Waals surface area contributed by atoms with Crippen molar-refractivity contribution in [3.05, 3.63) is 59.5 Å². The summed E-state index contributed by atoms with van der Waals surface area (Å²) in [6.45, 7) is 6.04. The van der Waals surface area contributed by atoms with E-state index in [1.807, 2.05) is 28.8 Å². The van der Waals surface area contributed by atoms with Crippen LogP contribution in [0.4, 0.5) is 0 Å². The van der Waals surface area contributed by atoms with E-state index in [0.717, 1.165) is 48.1 Å². The molecule has 0 radical (unpaired) electrons. The lowest BCUT2D eigenvalue weighted by Crippen LogP contribution is -2.37. The van der Waals surface area contributed by atoms with Crippen LogP contribution in [-0.4, -0.2) is 33.2 Å². The summed E-state index contributed by atoms with van der Waals surface area (Å²) in [5.41, 5.74) is 3.15. The number of aromatic nitrogens is 3. The lowest BCUT2D eigenvalue weighted by molar-refractivity contribution is 0.208. The Kier molecular flexibility index (Phi) is 6.47. The topological polar surface area (TPSA) is 75.8 Å². The van der Waals surface area contributed by atoms with Crippen molar-refractivity contribution >= 4 is 11.6 Å². The number of aryl methyl sites for hydroxylation is 1. The molecule has 7 heteroatoms. The van der Waals surface area contributed by atoms with Gasteiger partial charge in [0.2, 0.25) is 0 Å². The lowest BCUT2D eigenvalue weighted by atomic mass is 10.1. The molecule has 0 aliphatic heterocycles. The standard InChI is InChI=1S/C23H30N6O/c1-3-24-23(26-16-22-28-27-21-10-6-7-13-29(21)22)25-15-18-12-11-17(2)14-20(18)30-19-8-4-5-9-19/h6-7,10-14,19H,3-5,8-9,15-16H2,1-2H3,(H2,24,25,26). The summed E-state index contributed by atoms with van der Waals surface area (Å²) < 4.78 is 8.29. The van der Waals surface area contributed by atoms with Crippen molar-refractivity contribution in [2.45, 2.75) is 58.7 Å². The quantitative estimate of drug-likeness (QED) is 0.463. The maximum atomic E-state index is 6.31. The van der Waals surface area contributed by atoms with Crippen LogP contribution in [-0.2, 0) is 13.1 Å². The fraction of sp³-hybridized carbons (Fsp3) is 0.435. The van der Waals surface area contributed by atoms with Crippen molar-refractivity contribution in [1.82, 2.24) is 25.2 Å². The molecule has 4 rings (SSSR count). The second kappa shape index (κ2) is 9.61. The third-order valence-electron chi connectivity index (χ3n) is 5.37. The monoisotopic (exact) mass is 406 g/mol. The van der Waals surface area contributed by atoms with E-state index < -0.39 is 0 Å². The number of guanidine groups is 1. The Labute approximate surface area is 177 Å². The van der Waals surface area contributed by atoms with Gasteiger partial charge in [-0.25, -0.2) is 4.99 Å². The molecule has 0 saturated heterocycles. The Hall–Kier alpha value is -3.09. The van der Waals surface area contributed by atoms with Gasteiger partial charge in [-0.1, -0.05) is 18.2 Å². The number of nitrogens with one attached hydrogen (secondary N) is 2. The van der Waals surface area contributed by atoms with Crippen LogP contribution in [0.15, 0.2) is 47.6 Å². The number of nitrogens with zero attached hydrogens (tertiary/aromatic N) is 4. The van der Waals surface area contributed by atoms with Gasteiger partial charge in [-0.2, -0.15) is 0 Å². The van der Waals surface area contributed by atoms with Crippen LogP contribution in [0.2, 0.25) is 0 Å². The van der Waals surface area contributed by atoms with E-state index in [2.05, 4.69) is 52.9 Å². The Morgan fingerprint density at radius 3 is 2.87 bits per heavy atom. The zero-order chi connectivity index (χ0) is 20.8. The second-order valence-corrected chi connectivity index (χ2v) is 7.73. The molecule has 7 nitrogen and oxygen atoms in total. The number of fused-ring (bicyclic) bond motifs is 1. The van der Waals surface area contributed by atoms with Gasteiger partial charge in [-0.3, -0.25) is 4.40 Å². The molecule has 0 bridgehead atoms. The van der Waals surface area contributed by atoms with Crippen molar-refractivity contribution < 1.29 is 4.74 Å². The highest BCUT2D eigenvalue weighted by atomic mass is 16.5. The minimum absolute atomic E-state index is 0.335. The summed E-state index contributed by atoms with van der Waals surface area (Å²) >= 11 is 0. The maximum Gasteiger partial charge on any atom is 0.191 e. The van der Waals surface area contributed by atoms with Crippen LogP contribution in [0.25, 0.3) is 5.65 Å². The molecule has 0 spiro atoms. The van der Waals surface area contributed by atoms with E-state index >= 15 is 0 Å². The Morgan fingerprint density at radius 1 is 1.17 bits per heavy atom. The van der Waals surface area contributed by atoms with E-state index in [-0.39, 0.29) is 0 Å². The molecule has 2 aromatic heterocycles. The van der Waals surface area contributed by atoms with Gasteiger partial charge < -0.3 is 15.4 Å². The number of hydrogen-bond acceptors (Lipinski definition) is 4. The number of pyridine rings is 1. The average molecular weight is 407 g/mol. The van der Waals surface area contributed by atoms with Crippen LogP contribution in [0, 0.1) is 6.92 Å². The van der Waals surface area contributed by atoms with Crippen LogP contribution in [0.3, 0.4) is 0 Å². The number of hydrogen-bond donors (Lipinski definition) is 2. The molecule has 2 heterocycles. The van der Waals surface area contributed by atoms with Crippen molar-refractivity contribution in [1.29, 1.82) is 0 Å². The molecule has 3 aromatic rings. The molecule has 1 fully saturated rings. The molecule has 30 heavy (non-hydrogen) atoms. The molecule has 0 unspecified atom stereocenters. The molecule has 1 saturated carbocycles. The summed E-state index contributed by atoms with van der Waals surface area (Å²) in [7, 11) is 0. The van der Waals surface area contributed by atoms with Crippen molar-refractivity contribution in [2.24, 2.45) is 4.99 Å². The molecule has 1 aliphatic rings. The minimum Gasteiger partial charge on any atom is -0.490 e. The maximum absolute atomic E-state index is 6.31. The van der Waals surface area contributed by atoms with Crippen LogP contribution in [0.5, 0.6) is 5.75 Å². The second-order valence-electron chi connectivity index (χ2n) is 7.73. The summed E-state index contributed by atoms with van der Waals surface area (Å²) in [6.07, 6.45) is 7.11. The third kappa shape index (κ3) is 4.90. The lowest BCUT2D eigenvalue weighted by Gasteiger charge is -2.17. The van der Waals surface area contributed by atoms with Gasteiger partial charge in [-0.15, -0.1) is 10.2 Å². The molecular weight excluding hydrogens is 376 g/mol. The van der Waals surface area contributed by atoms with E-state index in [9.17, 15) is 0 Å². The zero-order valence-electron chi connectivity index (χ0n) is 17.8. The highest BCUT2D eigenvalue weighted by Gasteiger charge is 2.18. The molecule has 158 valence electrons. The largest absolute Gasteiger partial charge is 0.490 e. The van der Waals surface area contributed by atoms with Crippen LogP contribution >= 0.6 is 0 Å². The Morgan fingerprint density at radius 2 is 2.03 bits per heavy atom. The van der Waals surface area contributed by atoms with E-state index in [4.69, 9.17) is 9.73 Å². The van der Waals surface area contributed by atoms with E-state index in [1.54, 1.807) is 0 Å². The van der Waals surface area contributed by atoms with Crippen LogP contribution in [0.1, 0.15) is 49.6 Å². The molecule has 2 N–H and O–H groups in total. The third-order valence-corrected chi connectivity index (χ3v) is 5.37. The average Bonchev–Trinajstić information content (AvgIpc) is 3.41. The van der Waals surface area contributed by atoms with Gasteiger partial charge in [0.15, 0.2) is 17.4 Å². The predicted octanol–water partition coefficient (Wildman–Crippen LogP) is 3.61. The van der Waals surface area contributed by atoms with Crippen molar-refractivity contribution in [2.75, 3.05) is 6.54 Å². The van der Waals surface area contributed by atoms with E-state index in [0.29, 0.717) is 19.2 Å². The van der Waals surface area contributed by atoms with Crippen LogP contribution < -0.4 is 15.4 Å². The summed E-state index contributed by atoms with van der Waals surface area (Å²) in [5, 5.41) is 15.1. The van der Waals surface area contributed by atoms with Crippen molar-refractivity contribution in [3.63, 3.8) is 0 Å². The van der Waals surface area contributed by atoms with Gasteiger partial charge in [0.05, 0.1) is 19.2 Å². The highest BCUT2D eigenvalue weighted by molar-refractivity contribution is 5.79. The number of aliphatic imine (C=N–C) groups is 1. The zero-order valence-corrected chi connectivity index (χ0v) is 17.8. The predicted molar refractivity (Wildman–Crippen MR) is 119 cm³/mol. The number of benzene rings is 1. The van der Waals surface area contributed by atoms with Gasteiger partial charge in [0.25, 0.3) is 0 Å². The summed E-state index contributed by atoms with van der Waals surface area (Å²) in [6, 6.07) is 12.3. The summed E-state index contributed by atoms with van der Waals surface area (Å²) in [4.78, 5) is 4.79. The Bertz CT molecular complexity index is 1010. The first-order valence-electron chi connectivity index (χ1n) is 10.8. The first-order chi connectivity index (χ1) is 14.7. The molecule has 1 aromatic carbocycles. The van der Waals surface area contributed by atoms with Gasteiger partial charge in [0, 0.05) is 18.3 Å². The number of ether oxygens (including phenoxy) is 1. The molecule has 0 amide bonds. The van der Waals surface area contributed by atoms with Gasteiger partial charge in [0.1, 0.15) is 5.75 Å². The fourth-order valence-electron chi connectivity index (χ4n) is 3.77. The highest BCUT2D eigenvalue weighted by Crippen LogP contribution is 2.28. The van der Waals surface area contributed by atoms with Gasteiger partial charge in [-0.05, 0) is 63.3 Å². The normalized spacial score (nSPS) is 14.9. The SMILES string of the molecule is CCNC(=NCc1ccc(C)cc1OC1CCCC1)NCc1nnc2ccccn12.